The molecule has 52 valence electrons. The number of hydrazine groups is 3. The zero-order valence-corrected chi connectivity index (χ0v) is 5.73. The fourth-order valence-electron chi connectivity index (χ4n) is 0.653. The number of nitrogens with zero attached hydrogens (tertiary/aromatic N) is 1. The van der Waals surface area contributed by atoms with Crippen LogP contribution in [0.25, 0.3) is 0 Å². The summed E-state index contributed by atoms with van der Waals surface area (Å²) in [4.78, 5) is 0. The fraction of sp³-hybridized carbons (Fsp3) is 0.600. The zero-order valence-electron chi connectivity index (χ0n) is 5.73. The van der Waals surface area contributed by atoms with Gasteiger partial charge in [-0.15, -0.1) is 5.53 Å². The summed E-state index contributed by atoms with van der Waals surface area (Å²) in [6, 6.07) is 0. The molecule has 1 aliphatic heterocycles. The van der Waals surface area contributed by atoms with Crippen LogP contribution in [0.5, 0.6) is 0 Å². The third-order valence-electron chi connectivity index (χ3n) is 1.24. The molecule has 0 saturated carbocycles. The summed E-state index contributed by atoms with van der Waals surface area (Å²) >= 11 is 0. The second kappa shape index (κ2) is 2.70. The first-order chi connectivity index (χ1) is 4.36. The number of hydrogen-bond donors (Lipinski definition) is 3. The zero-order chi connectivity index (χ0) is 6.69. The van der Waals surface area contributed by atoms with Gasteiger partial charge in [-0.2, -0.15) is 0 Å². The standard InChI is InChI=1S/C5H12N4/c1-3-5-4-9(6-2)8-7-5/h4,6-8H,3H2,1-2H3. The van der Waals surface area contributed by atoms with Crippen molar-refractivity contribution in [3.05, 3.63) is 11.9 Å². The first-order valence-electron chi connectivity index (χ1n) is 3.05. The van der Waals surface area contributed by atoms with Gasteiger partial charge in [0.15, 0.2) is 0 Å². The summed E-state index contributed by atoms with van der Waals surface area (Å²) in [6.45, 7) is 2.10. The van der Waals surface area contributed by atoms with Crippen molar-refractivity contribution in [1.29, 1.82) is 0 Å². The van der Waals surface area contributed by atoms with Crippen molar-refractivity contribution < 1.29 is 0 Å². The van der Waals surface area contributed by atoms with Crippen molar-refractivity contribution in [2.45, 2.75) is 13.3 Å². The molecule has 0 atom stereocenters. The van der Waals surface area contributed by atoms with E-state index < -0.39 is 0 Å². The summed E-state index contributed by atoms with van der Waals surface area (Å²) in [6.07, 6.45) is 2.99. The summed E-state index contributed by atoms with van der Waals surface area (Å²) in [5, 5.41) is 1.76. The maximum absolute atomic E-state index is 2.98. The van der Waals surface area contributed by atoms with Gasteiger partial charge in [0.25, 0.3) is 0 Å². The topological polar surface area (TPSA) is 39.3 Å². The number of hydrogen-bond acceptors (Lipinski definition) is 4. The van der Waals surface area contributed by atoms with Crippen LogP contribution in [-0.4, -0.2) is 12.2 Å². The van der Waals surface area contributed by atoms with E-state index in [1.165, 1.54) is 5.70 Å². The molecule has 0 aromatic heterocycles. The van der Waals surface area contributed by atoms with Crippen molar-refractivity contribution in [3.63, 3.8) is 0 Å². The maximum Gasteiger partial charge on any atom is 0.0563 e. The third-order valence-corrected chi connectivity index (χ3v) is 1.24. The minimum atomic E-state index is 1.02. The van der Waals surface area contributed by atoms with Gasteiger partial charge in [-0.3, -0.25) is 0 Å². The molecule has 0 amide bonds. The second-order valence-electron chi connectivity index (χ2n) is 1.84. The van der Waals surface area contributed by atoms with Crippen LogP contribution in [-0.2, 0) is 0 Å². The molecular weight excluding hydrogens is 116 g/mol. The van der Waals surface area contributed by atoms with E-state index in [-0.39, 0.29) is 0 Å². The molecule has 1 aliphatic rings. The molecule has 0 aliphatic carbocycles. The van der Waals surface area contributed by atoms with Gasteiger partial charge in [-0.25, -0.2) is 10.5 Å². The molecule has 3 N–H and O–H groups in total. The van der Waals surface area contributed by atoms with Crippen molar-refractivity contribution in [2.75, 3.05) is 7.05 Å². The van der Waals surface area contributed by atoms with E-state index in [0.717, 1.165) is 6.42 Å². The van der Waals surface area contributed by atoms with Crippen LogP contribution < -0.4 is 16.4 Å². The number of allylic oxidation sites excluding steroid dienone is 1. The predicted molar refractivity (Wildman–Crippen MR) is 35.5 cm³/mol. The lowest BCUT2D eigenvalue weighted by atomic mass is 10.4. The van der Waals surface area contributed by atoms with Gasteiger partial charge in [0.2, 0.25) is 0 Å². The smallest absolute Gasteiger partial charge is 0.0563 e. The van der Waals surface area contributed by atoms with Gasteiger partial charge in [-0.1, -0.05) is 6.92 Å². The Bertz CT molecular complexity index is 120. The minimum absolute atomic E-state index is 1.02. The molecule has 0 aromatic carbocycles. The molecule has 1 heterocycles. The molecule has 9 heavy (non-hydrogen) atoms. The van der Waals surface area contributed by atoms with E-state index in [0.29, 0.717) is 0 Å². The molecule has 0 bridgehead atoms. The molecule has 0 fully saturated rings. The molecule has 0 spiro atoms. The molecule has 0 aromatic rings. The van der Waals surface area contributed by atoms with Crippen LogP contribution in [0.1, 0.15) is 13.3 Å². The Morgan fingerprint density at radius 2 is 2.56 bits per heavy atom. The van der Waals surface area contributed by atoms with Gasteiger partial charge in [0, 0.05) is 12.7 Å². The van der Waals surface area contributed by atoms with Crippen LogP contribution in [0, 0.1) is 0 Å². The van der Waals surface area contributed by atoms with Crippen LogP contribution in [0.3, 0.4) is 0 Å². The average molecular weight is 128 g/mol. The van der Waals surface area contributed by atoms with Gasteiger partial charge in [-0.05, 0) is 6.42 Å². The second-order valence-corrected chi connectivity index (χ2v) is 1.84. The molecule has 0 saturated heterocycles. The van der Waals surface area contributed by atoms with Gasteiger partial charge >= 0.3 is 0 Å². The molecule has 4 nitrogen and oxygen atoms in total. The molecular formula is C5H12N4. The average Bonchev–Trinajstić information content (AvgIpc) is 2.34. The predicted octanol–water partition coefficient (Wildman–Crippen LogP) is -0.303. The lowest BCUT2D eigenvalue weighted by molar-refractivity contribution is 0.207. The Balaban J connectivity index is 2.40. The van der Waals surface area contributed by atoms with Gasteiger partial charge in [0.1, 0.15) is 0 Å². The molecule has 4 heteroatoms. The molecule has 0 unspecified atom stereocenters. The Hall–Kier alpha value is -0.740. The van der Waals surface area contributed by atoms with Crippen molar-refractivity contribution in [2.24, 2.45) is 0 Å². The Morgan fingerprint density at radius 1 is 1.78 bits per heavy atom. The van der Waals surface area contributed by atoms with E-state index in [2.05, 4.69) is 23.3 Å². The molecule has 0 radical (unpaired) electrons. The number of nitrogens with one attached hydrogen (secondary N) is 3. The fourth-order valence-corrected chi connectivity index (χ4v) is 0.653. The highest BCUT2D eigenvalue weighted by molar-refractivity contribution is 4.99. The van der Waals surface area contributed by atoms with E-state index in [1.54, 1.807) is 5.12 Å². The van der Waals surface area contributed by atoms with Crippen LogP contribution in [0.4, 0.5) is 0 Å². The van der Waals surface area contributed by atoms with E-state index >= 15 is 0 Å². The third kappa shape index (κ3) is 1.34. The first kappa shape index (κ1) is 6.38. The van der Waals surface area contributed by atoms with E-state index in [9.17, 15) is 0 Å². The van der Waals surface area contributed by atoms with Crippen molar-refractivity contribution in [3.8, 4) is 0 Å². The van der Waals surface area contributed by atoms with Gasteiger partial charge in [0.05, 0.1) is 6.20 Å². The van der Waals surface area contributed by atoms with Crippen LogP contribution in [0.2, 0.25) is 0 Å². The monoisotopic (exact) mass is 128 g/mol. The minimum Gasteiger partial charge on any atom is -0.305 e. The van der Waals surface area contributed by atoms with Crippen molar-refractivity contribution in [1.82, 2.24) is 21.5 Å². The summed E-state index contributed by atoms with van der Waals surface area (Å²) < 4.78 is 0. The van der Waals surface area contributed by atoms with Crippen LogP contribution in [0.15, 0.2) is 11.9 Å². The highest BCUT2D eigenvalue weighted by Gasteiger charge is 2.04. The Kier molecular flexibility index (Phi) is 1.92. The lowest BCUT2D eigenvalue weighted by Gasteiger charge is -2.11. The van der Waals surface area contributed by atoms with Crippen LogP contribution >= 0.6 is 0 Å². The first-order valence-corrected chi connectivity index (χ1v) is 3.05. The SMILES string of the molecule is CCC1=CN(NC)NN1. The Morgan fingerprint density at radius 3 is 2.89 bits per heavy atom. The summed E-state index contributed by atoms with van der Waals surface area (Å²) in [5.41, 5.74) is 9.96. The van der Waals surface area contributed by atoms with E-state index in [4.69, 9.17) is 0 Å². The maximum atomic E-state index is 2.98. The summed E-state index contributed by atoms with van der Waals surface area (Å²) in [7, 11) is 1.85. The molecule has 1 rings (SSSR count). The highest BCUT2D eigenvalue weighted by atomic mass is 15.8. The van der Waals surface area contributed by atoms with Gasteiger partial charge < -0.3 is 5.43 Å². The van der Waals surface area contributed by atoms with Crippen molar-refractivity contribution >= 4 is 0 Å². The highest BCUT2D eigenvalue weighted by Crippen LogP contribution is 1.98. The largest absolute Gasteiger partial charge is 0.305 e. The van der Waals surface area contributed by atoms with E-state index in [1.807, 2.05) is 13.2 Å². The number of rotatable bonds is 2. The normalized spacial score (nSPS) is 17.6. The quantitative estimate of drug-likeness (QED) is 0.477. The Labute approximate surface area is 54.8 Å². The summed E-state index contributed by atoms with van der Waals surface area (Å²) in [5.74, 6) is 0. The lowest BCUT2D eigenvalue weighted by Crippen LogP contribution is -2.43.